The number of fused-ring (bicyclic) bond motifs is 1. The lowest BCUT2D eigenvalue weighted by Gasteiger charge is -2.16. The largest absolute Gasteiger partial charge is 0.493 e. The van der Waals surface area contributed by atoms with Crippen LogP contribution in [0, 0.1) is 0 Å². The highest BCUT2D eigenvalue weighted by Crippen LogP contribution is 2.28. The summed E-state index contributed by atoms with van der Waals surface area (Å²) in [6.07, 6.45) is 4.42. The second kappa shape index (κ2) is 8.71. The Morgan fingerprint density at radius 3 is 2.41 bits per heavy atom. The molecule has 2 aromatic carbocycles. The van der Waals surface area contributed by atoms with Gasteiger partial charge in [0.25, 0.3) is 0 Å². The Hall–Kier alpha value is -2.82. The molecule has 0 aliphatic heterocycles. The van der Waals surface area contributed by atoms with Gasteiger partial charge < -0.3 is 14.2 Å². The molecule has 142 valence electrons. The van der Waals surface area contributed by atoms with Crippen LogP contribution in [0.15, 0.2) is 36.4 Å². The molecule has 0 bridgehead atoms. The van der Waals surface area contributed by atoms with Crippen LogP contribution in [0.25, 0.3) is 0 Å². The molecular weight excluding hydrogens is 344 g/mol. The lowest BCUT2D eigenvalue weighted by molar-refractivity contribution is 0.0474. The first-order chi connectivity index (χ1) is 13.1. The molecule has 3 rings (SSSR count). The van der Waals surface area contributed by atoms with Crippen molar-refractivity contribution in [2.45, 2.75) is 32.6 Å². The van der Waals surface area contributed by atoms with Crippen LogP contribution in [0.5, 0.6) is 11.5 Å². The van der Waals surface area contributed by atoms with Gasteiger partial charge in [0, 0.05) is 5.56 Å². The highest BCUT2D eigenvalue weighted by Gasteiger charge is 2.16. The van der Waals surface area contributed by atoms with Gasteiger partial charge in [-0.2, -0.15) is 0 Å². The predicted molar refractivity (Wildman–Crippen MR) is 102 cm³/mol. The zero-order valence-electron chi connectivity index (χ0n) is 15.7. The minimum atomic E-state index is -0.567. The first-order valence-corrected chi connectivity index (χ1v) is 9.25. The fourth-order valence-corrected chi connectivity index (χ4v) is 3.27. The summed E-state index contributed by atoms with van der Waals surface area (Å²) >= 11 is 0. The fraction of sp³-hybridized carbons (Fsp3) is 0.364. The van der Waals surface area contributed by atoms with E-state index >= 15 is 0 Å². The fourth-order valence-electron chi connectivity index (χ4n) is 3.27. The number of Topliss-reactive ketones (excluding diaryl/α,β-unsaturated/α-hetero) is 1. The van der Waals surface area contributed by atoms with E-state index in [0.29, 0.717) is 29.2 Å². The summed E-state index contributed by atoms with van der Waals surface area (Å²) in [7, 11) is 1.51. The van der Waals surface area contributed by atoms with E-state index in [4.69, 9.17) is 14.2 Å². The Bertz CT molecular complexity index is 841. The van der Waals surface area contributed by atoms with Crippen LogP contribution >= 0.6 is 0 Å². The Balaban J connectivity index is 1.64. The van der Waals surface area contributed by atoms with Crippen LogP contribution in [0.2, 0.25) is 0 Å². The van der Waals surface area contributed by atoms with Crippen LogP contribution in [0.3, 0.4) is 0 Å². The molecule has 2 aromatic rings. The van der Waals surface area contributed by atoms with Gasteiger partial charge in [0.2, 0.25) is 0 Å². The zero-order chi connectivity index (χ0) is 19.2. The van der Waals surface area contributed by atoms with Crippen molar-refractivity contribution < 1.29 is 23.8 Å². The monoisotopic (exact) mass is 368 g/mol. The van der Waals surface area contributed by atoms with Crippen molar-refractivity contribution in [3.63, 3.8) is 0 Å². The molecule has 27 heavy (non-hydrogen) atoms. The summed E-state index contributed by atoms with van der Waals surface area (Å²) < 4.78 is 15.9. The molecular formula is C22H24O5. The smallest absolute Gasteiger partial charge is 0.338 e. The molecule has 1 aliphatic carbocycles. The quantitative estimate of drug-likeness (QED) is 0.546. The minimum absolute atomic E-state index is 0.199. The first-order valence-electron chi connectivity index (χ1n) is 9.25. The number of hydrogen-bond acceptors (Lipinski definition) is 5. The molecule has 0 radical (unpaired) electrons. The molecule has 0 N–H and O–H groups in total. The van der Waals surface area contributed by atoms with Gasteiger partial charge in [0.15, 0.2) is 23.9 Å². The number of esters is 1. The van der Waals surface area contributed by atoms with E-state index in [1.807, 2.05) is 25.1 Å². The highest BCUT2D eigenvalue weighted by atomic mass is 16.5. The van der Waals surface area contributed by atoms with E-state index in [2.05, 4.69) is 0 Å². The zero-order valence-corrected chi connectivity index (χ0v) is 15.7. The Morgan fingerprint density at radius 1 is 0.926 bits per heavy atom. The predicted octanol–water partition coefficient (Wildman–Crippen LogP) is 4.01. The van der Waals surface area contributed by atoms with Crippen LogP contribution < -0.4 is 9.47 Å². The third kappa shape index (κ3) is 4.48. The Labute approximate surface area is 159 Å². The number of benzene rings is 2. The van der Waals surface area contributed by atoms with Crippen LogP contribution in [0.4, 0.5) is 0 Å². The number of carbonyl (C=O) groups excluding carboxylic acids is 2. The van der Waals surface area contributed by atoms with Crippen molar-refractivity contribution >= 4 is 11.8 Å². The Kier molecular flexibility index (Phi) is 6.12. The number of hydrogen-bond donors (Lipinski definition) is 0. The van der Waals surface area contributed by atoms with E-state index < -0.39 is 5.97 Å². The van der Waals surface area contributed by atoms with E-state index in [-0.39, 0.29) is 12.4 Å². The maximum atomic E-state index is 12.4. The number of ether oxygens (including phenoxy) is 3. The Morgan fingerprint density at radius 2 is 1.67 bits per heavy atom. The maximum absolute atomic E-state index is 12.4. The average Bonchev–Trinajstić information content (AvgIpc) is 2.71. The van der Waals surface area contributed by atoms with Crippen molar-refractivity contribution in [3.8, 4) is 11.5 Å². The van der Waals surface area contributed by atoms with Gasteiger partial charge in [0.05, 0.1) is 19.3 Å². The van der Waals surface area contributed by atoms with E-state index in [0.717, 1.165) is 19.3 Å². The third-order valence-electron chi connectivity index (χ3n) is 4.70. The maximum Gasteiger partial charge on any atom is 0.338 e. The van der Waals surface area contributed by atoms with Crippen molar-refractivity contribution in [2.75, 3.05) is 20.3 Å². The molecule has 0 saturated carbocycles. The third-order valence-corrected chi connectivity index (χ3v) is 4.70. The number of carbonyl (C=O) groups is 2. The highest BCUT2D eigenvalue weighted by molar-refractivity contribution is 5.99. The van der Waals surface area contributed by atoms with Crippen LogP contribution in [-0.4, -0.2) is 32.1 Å². The lowest BCUT2D eigenvalue weighted by atomic mass is 9.90. The van der Waals surface area contributed by atoms with Gasteiger partial charge in [-0.25, -0.2) is 4.79 Å². The molecule has 0 amide bonds. The molecule has 0 aromatic heterocycles. The summed E-state index contributed by atoms with van der Waals surface area (Å²) in [6.45, 7) is 2.08. The topological polar surface area (TPSA) is 61.8 Å². The number of aryl methyl sites for hydroxylation is 2. The van der Waals surface area contributed by atoms with Crippen molar-refractivity contribution in [2.24, 2.45) is 0 Å². The van der Waals surface area contributed by atoms with Gasteiger partial charge in [-0.3, -0.25) is 4.79 Å². The molecule has 0 saturated heterocycles. The summed E-state index contributed by atoms with van der Waals surface area (Å²) in [4.78, 5) is 24.7. The lowest BCUT2D eigenvalue weighted by Crippen LogP contribution is -2.15. The molecule has 0 spiro atoms. The normalized spacial score (nSPS) is 12.8. The SMILES string of the molecule is CCOc1ccc(C(=O)OCC(=O)c2ccc3c(c2)CCCC3)cc1OC. The number of methoxy groups -OCH3 is 1. The molecule has 0 atom stereocenters. The molecule has 0 heterocycles. The minimum Gasteiger partial charge on any atom is -0.493 e. The van der Waals surface area contributed by atoms with Gasteiger partial charge in [-0.15, -0.1) is 0 Å². The average molecular weight is 368 g/mol. The standard InChI is InChI=1S/C22H24O5/c1-3-26-20-11-10-18(13-21(20)25-2)22(24)27-14-19(23)17-9-8-15-6-4-5-7-16(15)12-17/h8-13H,3-7,14H2,1-2H3. The van der Waals surface area contributed by atoms with E-state index in [9.17, 15) is 9.59 Å². The summed E-state index contributed by atoms with van der Waals surface area (Å²) in [6, 6.07) is 10.6. The molecule has 5 heteroatoms. The van der Waals surface area contributed by atoms with Crippen LogP contribution in [-0.2, 0) is 17.6 Å². The van der Waals surface area contributed by atoms with Gasteiger partial charge in [-0.1, -0.05) is 12.1 Å². The first kappa shape index (κ1) is 19.0. The summed E-state index contributed by atoms with van der Waals surface area (Å²) in [5, 5.41) is 0. The summed E-state index contributed by atoms with van der Waals surface area (Å²) in [5.74, 6) is 0.242. The molecule has 0 unspecified atom stereocenters. The van der Waals surface area contributed by atoms with E-state index in [1.54, 1.807) is 18.2 Å². The summed E-state index contributed by atoms with van der Waals surface area (Å²) in [5.41, 5.74) is 3.45. The van der Waals surface area contributed by atoms with Gasteiger partial charge in [-0.05, 0) is 68.0 Å². The van der Waals surface area contributed by atoms with E-state index in [1.165, 1.54) is 24.7 Å². The molecule has 5 nitrogen and oxygen atoms in total. The number of ketones is 1. The molecule has 0 fully saturated rings. The van der Waals surface area contributed by atoms with Gasteiger partial charge >= 0.3 is 5.97 Å². The second-order valence-electron chi connectivity index (χ2n) is 6.49. The van der Waals surface area contributed by atoms with Crippen molar-refractivity contribution in [1.29, 1.82) is 0 Å². The second-order valence-corrected chi connectivity index (χ2v) is 6.49. The van der Waals surface area contributed by atoms with Crippen molar-refractivity contribution in [3.05, 3.63) is 58.7 Å². The number of rotatable bonds is 7. The van der Waals surface area contributed by atoms with Crippen molar-refractivity contribution in [1.82, 2.24) is 0 Å². The van der Waals surface area contributed by atoms with Crippen LogP contribution in [0.1, 0.15) is 51.6 Å². The molecule has 1 aliphatic rings. The van der Waals surface area contributed by atoms with Gasteiger partial charge in [0.1, 0.15) is 0 Å².